The third-order valence-corrected chi connectivity index (χ3v) is 10.4. The molecular weight excluding hydrogens is 556 g/mol. The number of carboxylic acids is 1. The number of aryl methyl sites for hydroxylation is 2. The zero-order valence-corrected chi connectivity index (χ0v) is 25.4. The molecule has 2 aliphatic carbocycles. The van der Waals surface area contributed by atoms with Gasteiger partial charge in [0.05, 0.1) is 27.1 Å². The number of amides is 1. The first-order valence-corrected chi connectivity index (χ1v) is 16.1. The Balaban J connectivity index is 1.24. The molecule has 7 rings (SSSR count). The van der Waals surface area contributed by atoms with Crippen LogP contribution in [0, 0.1) is 6.92 Å². The predicted molar refractivity (Wildman–Crippen MR) is 172 cm³/mol. The van der Waals surface area contributed by atoms with Gasteiger partial charge in [-0.25, -0.2) is 9.78 Å². The van der Waals surface area contributed by atoms with Gasteiger partial charge < -0.3 is 19.6 Å². The molecule has 2 saturated carbocycles. The number of imidazole rings is 1. The molecule has 8 heteroatoms. The standard InChI is InChI=1S/C35H36N4O3S/c1-22-26-21-24(13-15-28(26)39(25-8-4-3-5-9-25)32(22)30-10-6-19-43-30)33(42)37-35(17-7-18-35)34-36-27-14-11-23(12-16-31(40)41)20-29(27)38(34)2/h6,10-16,19-21,25H,3-5,7-9,17-18H2,1-2H3,(H,37,42)(H,40,41)/b16-12+. The van der Waals surface area contributed by atoms with Crippen molar-refractivity contribution in [3.05, 3.63) is 82.5 Å². The average molecular weight is 593 g/mol. The fourth-order valence-electron chi connectivity index (χ4n) is 7.18. The van der Waals surface area contributed by atoms with E-state index in [1.54, 1.807) is 17.4 Å². The molecule has 0 radical (unpaired) electrons. The number of carbonyl (C=O) groups excluding carboxylic acids is 1. The molecule has 5 aromatic rings. The molecule has 3 aromatic heterocycles. The van der Waals surface area contributed by atoms with Crippen LogP contribution in [0.25, 0.3) is 38.6 Å². The number of carbonyl (C=O) groups is 2. The van der Waals surface area contributed by atoms with E-state index in [1.165, 1.54) is 53.8 Å². The molecular formula is C35H36N4O3S. The van der Waals surface area contributed by atoms with Gasteiger partial charge >= 0.3 is 5.97 Å². The largest absolute Gasteiger partial charge is 0.478 e. The molecule has 220 valence electrons. The highest BCUT2D eigenvalue weighted by atomic mass is 32.1. The first kappa shape index (κ1) is 27.7. The van der Waals surface area contributed by atoms with Crippen molar-refractivity contribution in [2.75, 3.05) is 0 Å². The first-order valence-electron chi connectivity index (χ1n) is 15.2. The zero-order valence-electron chi connectivity index (χ0n) is 24.6. The van der Waals surface area contributed by atoms with Crippen molar-refractivity contribution in [2.24, 2.45) is 7.05 Å². The molecule has 0 unspecified atom stereocenters. The highest BCUT2D eigenvalue weighted by molar-refractivity contribution is 7.13. The van der Waals surface area contributed by atoms with Crippen LogP contribution in [-0.2, 0) is 17.4 Å². The zero-order chi connectivity index (χ0) is 29.7. The van der Waals surface area contributed by atoms with Gasteiger partial charge in [-0.05, 0) is 98.0 Å². The van der Waals surface area contributed by atoms with E-state index in [2.05, 4.69) is 46.5 Å². The van der Waals surface area contributed by atoms with Crippen molar-refractivity contribution in [3.8, 4) is 10.6 Å². The second kappa shape index (κ2) is 10.8. The Kier molecular flexibility index (Phi) is 6.96. The van der Waals surface area contributed by atoms with Crippen LogP contribution in [-0.4, -0.2) is 31.1 Å². The number of benzene rings is 2. The van der Waals surface area contributed by atoms with Gasteiger partial charge in [-0.2, -0.15) is 0 Å². The topological polar surface area (TPSA) is 89.2 Å². The number of hydrogen-bond acceptors (Lipinski definition) is 4. The average Bonchev–Trinajstić information content (AvgIpc) is 3.71. The molecule has 0 atom stereocenters. The molecule has 43 heavy (non-hydrogen) atoms. The SMILES string of the molecule is Cc1c(-c2cccs2)n(C2CCCCC2)c2ccc(C(=O)NC3(c4nc5ccc(/C=C/C(=O)O)cc5n4C)CCC3)cc12. The van der Waals surface area contributed by atoms with Crippen molar-refractivity contribution >= 4 is 51.2 Å². The lowest BCUT2D eigenvalue weighted by molar-refractivity contribution is -0.131. The van der Waals surface area contributed by atoms with Crippen LogP contribution < -0.4 is 5.32 Å². The van der Waals surface area contributed by atoms with Gasteiger partial charge in [-0.3, -0.25) is 4.79 Å². The van der Waals surface area contributed by atoms with Crippen LogP contribution in [0.1, 0.15) is 84.7 Å². The Bertz CT molecular complexity index is 1890. The Morgan fingerprint density at radius 1 is 1.05 bits per heavy atom. The summed E-state index contributed by atoms with van der Waals surface area (Å²) in [6.45, 7) is 2.20. The number of aromatic nitrogens is 3. The number of hydrogen-bond donors (Lipinski definition) is 2. The van der Waals surface area contributed by atoms with Gasteiger partial charge in [0.25, 0.3) is 5.91 Å². The fraction of sp³-hybridized carbons (Fsp3) is 0.343. The monoisotopic (exact) mass is 592 g/mol. The van der Waals surface area contributed by atoms with Crippen LogP contribution in [0.4, 0.5) is 0 Å². The van der Waals surface area contributed by atoms with Crippen LogP contribution in [0.5, 0.6) is 0 Å². The summed E-state index contributed by atoms with van der Waals surface area (Å²) in [5.41, 5.74) is 6.40. The van der Waals surface area contributed by atoms with Crippen LogP contribution in [0.3, 0.4) is 0 Å². The third-order valence-electron chi connectivity index (χ3n) is 9.52. The number of nitrogens with zero attached hydrogens (tertiary/aromatic N) is 3. The molecule has 0 aliphatic heterocycles. The van der Waals surface area contributed by atoms with E-state index >= 15 is 0 Å². The lowest BCUT2D eigenvalue weighted by Crippen LogP contribution is -2.52. The molecule has 2 aromatic carbocycles. The Hall–Kier alpha value is -4.17. The number of fused-ring (bicyclic) bond motifs is 2. The van der Waals surface area contributed by atoms with Gasteiger partial charge in [0, 0.05) is 35.6 Å². The third kappa shape index (κ3) is 4.78. The first-order chi connectivity index (χ1) is 20.8. The van der Waals surface area contributed by atoms with Crippen molar-refractivity contribution < 1.29 is 14.7 Å². The molecule has 7 nitrogen and oxygen atoms in total. The number of aliphatic carboxylic acids is 1. The lowest BCUT2D eigenvalue weighted by atomic mass is 9.75. The minimum Gasteiger partial charge on any atom is -0.478 e. The highest BCUT2D eigenvalue weighted by Crippen LogP contribution is 2.44. The fourth-order valence-corrected chi connectivity index (χ4v) is 8.01. The van der Waals surface area contributed by atoms with Gasteiger partial charge in [0.15, 0.2) is 0 Å². The minimum atomic E-state index is -0.983. The maximum Gasteiger partial charge on any atom is 0.328 e. The van der Waals surface area contributed by atoms with Gasteiger partial charge in [0.2, 0.25) is 0 Å². The van der Waals surface area contributed by atoms with Gasteiger partial charge in [-0.1, -0.05) is 31.4 Å². The lowest BCUT2D eigenvalue weighted by Gasteiger charge is -2.41. The van der Waals surface area contributed by atoms with E-state index in [0.29, 0.717) is 11.6 Å². The van der Waals surface area contributed by atoms with Crippen LogP contribution >= 0.6 is 11.3 Å². The maximum atomic E-state index is 13.9. The quantitative estimate of drug-likeness (QED) is 0.188. The second-order valence-electron chi connectivity index (χ2n) is 12.1. The summed E-state index contributed by atoms with van der Waals surface area (Å²) in [6.07, 6.45) is 11.6. The molecule has 2 aliphatic rings. The van der Waals surface area contributed by atoms with Crippen molar-refractivity contribution in [1.29, 1.82) is 0 Å². The van der Waals surface area contributed by atoms with Crippen molar-refractivity contribution in [3.63, 3.8) is 0 Å². The molecule has 0 saturated heterocycles. The molecule has 1 amide bonds. The predicted octanol–water partition coefficient (Wildman–Crippen LogP) is 7.98. The Labute approximate surface area is 254 Å². The van der Waals surface area contributed by atoms with Crippen molar-refractivity contribution in [2.45, 2.75) is 69.9 Å². The smallest absolute Gasteiger partial charge is 0.328 e. The molecule has 3 heterocycles. The molecule has 0 spiro atoms. The summed E-state index contributed by atoms with van der Waals surface area (Å²) in [5.74, 6) is -0.230. The molecule has 2 N–H and O–H groups in total. The van der Waals surface area contributed by atoms with E-state index in [9.17, 15) is 9.59 Å². The number of nitrogens with one attached hydrogen (secondary N) is 1. The summed E-state index contributed by atoms with van der Waals surface area (Å²) in [7, 11) is 1.97. The Morgan fingerprint density at radius 2 is 1.86 bits per heavy atom. The van der Waals surface area contributed by atoms with Gasteiger partial charge in [0.1, 0.15) is 5.82 Å². The number of thiophene rings is 1. The summed E-state index contributed by atoms with van der Waals surface area (Å²) in [5, 5.41) is 15.7. The molecule has 2 fully saturated rings. The number of carboxylic acid groups (broad SMARTS) is 1. The summed E-state index contributed by atoms with van der Waals surface area (Å²) in [4.78, 5) is 31.1. The molecule has 0 bridgehead atoms. The van der Waals surface area contributed by atoms with E-state index in [0.717, 1.165) is 53.1 Å². The minimum absolute atomic E-state index is 0.0822. The number of rotatable bonds is 7. The summed E-state index contributed by atoms with van der Waals surface area (Å²) < 4.78 is 4.60. The second-order valence-corrected chi connectivity index (χ2v) is 13.1. The van der Waals surface area contributed by atoms with E-state index in [-0.39, 0.29) is 5.91 Å². The normalized spacial score (nSPS) is 17.1. The van der Waals surface area contributed by atoms with Crippen LogP contribution in [0.2, 0.25) is 0 Å². The van der Waals surface area contributed by atoms with Gasteiger partial charge in [-0.15, -0.1) is 11.3 Å². The van der Waals surface area contributed by atoms with Crippen molar-refractivity contribution in [1.82, 2.24) is 19.4 Å². The van der Waals surface area contributed by atoms with Crippen LogP contribution in [0.15, 0.2) is 60.0 Å². The highest BCUT2D eigenvalue weighted by Gasteiger charge is 2.44. The van der Waals surface area contributed by atoms with E-state index in [1.807, 2.05) is 35.9 Å². The van der Waals surface area contributed by atoms with E-state index in [4.69, 9.17) is 10.1 Å². The summed E-state index contributed by atoms with van der Waals surface area (Å²) in [6, 6.07) is 16.7. The maximum absolute atomic E-state index is 13.9. The Morgan fingerprint density at radius 3 is 2.56 bits per heavy atom. The van der Waals surface area contributed by atoms with E-state index < -0.39 is 11.5 Å². The summed E-state index contributed by atoms with van der Waals surface area (Å²) >= 11 is 1.78.